The highest BCUT2D eigenvalue weighted by molar-refractivity contribution is 5.97. The number of anilines is 1. The standard InChI is InChI=1S/C20H31NO4/c1-4-13-25-20(11-9-16(2)10-12-20)19(22)21-17-5-7-18(8-6-17)24-15-14-23-3/h5-8,16H,4,9-15H2,1-3H3,(H,21,22). The van der Waals surface area contributed by atoms with Gasteiger partial charge < -0.3 is 19.5 Å². The normalized spacial score (nSPS) is 23.2. The second-order valence-electron chi connectivity index (χ2n) is 6.85. The number of benzene rings is 1. The molecule has 2 rings (SSSR count). The van der Waals surface area contributed by atoms with Crippen LogP contribution in [0.4, 0.5) is 5.69 Å². The predicted molar refractivity (Wildman–Crippen MR) is 99.0 cm³/mol. The van der Waals surface area contributed by atoms with E-state index in [2.05, 4.69) is 19.2 Å². The highest BCUT2D eigenvalue weighted by atomic mass is 16.5. The number of nitrogens with one attached hydrogen (secondary N) is 1. The molecule has 5 nitrogen and oxygen atoms in total. The van der Waals surface area contributed by atoms with Crippen LogP contribution in [0, 0.1) is 5.92 Å². The lowest BCUT2D eigenvalue weighted by Crippen LogP contribution is -2.48. The van der Waals surface area contributed by atoms with Crippen LogP contribution in [-0.4, -0.2) is 38.4 Å². The molecule has 0 aliphatic heterocycles. The summed E-state index contributed by atoms with van der Waals surface area (Å²) in [6.07, 6.45) is 4.56. The van der Waals surface area contributed by atoms with Crippen molar-refractivity contribution in [3.05, 3.63) is 24.3 Å². The molecule has 5 heteroatoms. The largest absolute Gasteiger partial charge is 0.491 e. The van der Waals surface area contributed by atoms with Crippen molar-refractivity contribution >= 4 is 11.6 Å². The molecule has 0 atom stereocenters. The maximum atomic E-state index is 12.9. The molecule has 0 bridgehead atoms. The van der Waals surface area contributed by atoms with Crippen LogP contribution in [0.2, 0.25) is 0 Å². The van der Waals surface area contributed by atoms with Gasteiger partial charge >= 0.3 is 0 Å². The number of carbonyl (C=O) groups is 1. The molecule has 0 aromatic heterocycles. The molecule has 1 aromatic carbocycles. The summed E-state index contributed by atoms with van der Waals surface area (Å²) in [4.78, 5) is 12.9. The summed E-state index contributed by atoms with van der Waals surface area (Å²) >= 11 is 0. The fourth-order valence-corrected chi connectivity index (χ4v) is 3.09. The Kier molecular flexibility index (Phi) is 7.72. The number of amides is 1. The van der Waals surface area contributed by atoms with Crippen LogP contribution in [0.5, 0.6) is 5.75 Å². The van der Waals surface area contributed by atoms with E-state index in [0.29, 0.717) is 25.7 Å². The monoisotopic (exact) mass is 349 g/mol. The van der Waals surface area contributed by atoms with Crippen molar-refractivity contribution in [1.29, 1.82) is 0 Å². The summed E-state index contributed by atoms with van der Waals surface area (Å²) in [5.74, 6) is 1.40. The smallest absolute Gasteiger partial charge is 0.256 e. The minimum atomic E-state index is -0.684. The maximum Gasteiger partial charge on any atom is 0.256 e. The summed E-state index contributed by atoms with van der Waals surface area (Å²) in [6, 6.07) is 7.43. The van der Waals surface area contributed by atoms with Gasteiger partial charge in [0.05, 0.1) is 6.61 Å². The number of hydrogen-bond donors (Lipinski definition) is 1. The van der Waals surface area contributed by atoms with Crippen LogP contribution < -0.4 is 10.1 Å². The molecule has 25 heavy (non-hydrogen) atoms. The molecule has 0 radical (unpaired) electrons. The first-order valence-corrected chi connectivity index (χ1v) is 9.27. The van der Waals surface area contributed by atoms with Crippen LogP contribution in [0.3, 0.4) is 0 Å². The van der Waals surface area contributed by atoms with E-state index in [4.69, 9.17) is 14.2 Å². The zero-order valence-electron chi connectivity index (χ0n) is 15.7. The number of carbonyl (C=O) groups excluding carboxylic acids is 1. The van der Waals surface area contributed by atoms with Crippen LogP contribution >= 0.6 is 0 Å². The number of methoxy groups -OCH3 is 1. The molecule has 0 saturated heterocycles. The second-order valence-corrected chi connectivity index (χ2v) is 6.85. The van der Waals surface area contributed by atoms with E-state index in [-0.39, 0.29) is 5.91 Å². The Bertz CT molecular complexity index is 515. The Labute approximate surface area is 151 Å². The maximum absolute atomic E-state index is 12.9. The fourth-order valence-electron chi connectivity index (χ4n) is 3.09. The first-order valence-electron chi connectivity index (χ1n) is 9.27. The van der Waals surface area contributed by atoms with E-state index < -0.39 is 5.60 Å². The van der Waals surface area contributed by atoms with E-state index in [1.165, 1.54) is 0 Å². The first-order chi connectivity index (χ1) is 12.1. The van der Waals surface area contributed by atoms with Crippen molar-refractivity contribution < 1.29 is 19.0 Å². The summed E-state index contributed by atoms with van der Waals surface area (Å²) in [7, 11) is 1.64. The molecule has 0 spiro atoms. The Balaban J connectivity index is 1.97. The average Bonchev–Trinajstić information content (AvgIpc) is 2.63. The van der Waals surface area contributed by atoms with Gasteiger partial charge in [-0.2, -0.15) is 0 Å². The highest BCUT2D eigenvalue weighted by Crippen LogP contribution is 2.36. The van der Waals surface area contributed by atoms with Crippen LogP contribution in [0.25, 0.3) is 0 Å². The lowest BCUT2D eigenvalue weighted by Gasteiger charge is -2.38. The van der Waals surface area contributed by atoms with Gasteiger partial charge in [0.1, 0.15) is 18.0 Å². The summed E-state index contributed by atoms with van der Waals surface area (Å²) in [5.41, 5.74) is 0.0815. The molecule has 1 saturated carbocycles. The van der Waals surface area contributed by atoms with Gasteiger partial charge in [-0.15, -0.1) is 0 Å². The summed E-state index contributed by atoms with van der Waals surface area (Å²) < 4.78 is 16.5. The molecule has 1 amide bonds. The van der Waals surface area contributed by atoms with Crippen LogP contribution in [-0.2, 0) is 14.3 Å². The zero-order chi connectivity index (χ0) is 18.1. The van der Waals surface area contributed by atoms with E-state index in [9.17, 15) is 4.79 Å². The molecular formula is C20H31NO4. The van der Waals surface area contributed by atoms with Gasteiger partial charge in [-0.3, -0.25) is 4.79 Å². The SMILES string of the molecule is CCCOC1(C(=O)Nc2ccc(OCCOC)cc2)CCC(C)CC1. The van der Waals surface area contributed by atoms with Crippen molar-refractivity contribution in [3.63, 3.8) is 0 Å². The molecule has 140 valence electrons. The zero-order valence-corrected chi connectivity index (χ0v) is 15.7. The Morgan fingerprint density at radius 3 is 2.44 bits per heavy atom. The van der Waals surface area contributed by atoms with E-state index in [1.807, 2.05) is 24.3 Å². The topological polar surface area (TPSA) is 56.8 Å². The Morgan fingerprint density at radius 2 is 1.84 bits per heavy atom. The summed E-state index contributed by atoms with van der Waals surface area (Å²) in [5, 5.41) is 3.03. The highest BCUT2D eigenvalue weighted by Gasteiger charge is 2.42. The van der Waals surface area contributed by atoms with Crippen molar-refractivity contribution in [3.8, 4) is 5.75 Å². The van der Waals surface area contributed by atoms with Crippen molar-refractivity contribution in [2.75, 3.05) is 32.2 Å². The number of ether oxygens (including phenoxy) is 3. The predicted octanol–water partition coefficient (Wildman–Crippen LogP) is 4.03. The van der Waals surface area contributed by atoms with E-state index in [0.717, 1.165) is 43.5 Å². The third-order valence-corrected chi connectivity index (χ3v) is 4.75. The minimum Gasteiger partial charge on any atom is -0.491 e. The molecule has 1 aliphatic carbocycles. The molecule has 1 N–H and O–H groups in total. The van der Waals surface area contributed by atoms with Gasteiger partial charge in [-0.25, -0.2) is 0 Å². The number of hydrogen-bond acceptors (Lipinski definition) is 4. The molecule has 0 heterocycles. The van der Waals surface area contributed by atoms with Gasteiger partial charge in [-0.1, -0.05) is 13.8 Å². The average molecular weight is 349 g/mol. The lowest BCUT2D eigenvalue weighted by atomic mass is 9.78. The van der Waals surface area contributed by atoms with Gasteiger partial charge in [0, 0.05) is 19.4 Å². The quantitative estimate of drug-likeness (QED) is 0.684. The second kappa shape index (κ2) is 9.78. The van der Waals surface area contributed by atoms with E-state index in [1.54, 1.807) is 7.11 Å². The van der Waals surface area contributed by atoms with Gasteiger partial charge in [0.15, 0.2) is 0 Å². The van der Waals surface area contributed by atoms with Crippen LogP contribution in [0.15, 0.2) is 24.3 Å². The van der Waals surface area contributed by atoms with Crippen LogP contribution in [0.1, 0.15) is 46.0 Å². The van der Waals surface area contributed by atoms with Gasteiger partial charge in [0.2, 0.25) is 0 Å². The number of rotatable bonds is 9. The third-order valence-electron chi connectivity index (χ3n) is 4.75. The fraction of sp³-hybridized carbons (Fsp3) is 0.650. The first kappa shape index (κ1) is 19.7. The Hall–Kier alpha value is -1.59. The van der Waals surface area contributed by atoms with Gasteiger partial charge in [-0.05, 0) is 62.3 Å². The van der Waals surface area contributed by atoms with Crippen molar-refractivity contribution in [2.24, 2.45) is 5.92 Å². The molecular weight excluding hydrogens is 318 g/mol. The van der Waals surface area contributed by atoms with E-state index >= 15 is 0 Å². The summed E-state index contributed by atoms with van der Waals surface area (Å²) in [6.45, 7) is 5.99. The lowest BCUT2D eigenvalue weighted by molar-refractivity contribution is -0.147. The molecule has 0 unspecified atom stereocenters. The van der Waals surface area contributed by atoms with Gasteiger partial charge in [0.25, 0.3) is 5.91 Å². The molecule has 1 aliphatic rings. The molecule has 1 fully saturated rings. The van der Waals surface area contributed by atoms with Crippen molar-refractivity contribution in [1.82, 2.24) is 0 Å². The molecule has 1 aromatic rings. The minimum absolute atomic E-state index is 0.0269. The Morgan fingerprint density at radius 1 is 1.16 bits per heavy atom. The third kappa shape index (κ3) is 5.72. The van der Waals surface area contributed by atoms with Crippen molar-refractivity contribution in [2.45, 2.75) is 51.6 Å².